The Balaban J connectivity index is 1.67. The van der Waals surface area contributed by atoms with Crippen molar-refractivity contribution < 1.29 is 14.3 Å². The lowest BCUT2D eigenvalue weighted by molar-refractivity contribution is -0.138. The van der Waals surface area contributed by atoms with Crippen LogP contribution in [0.25, 0.3) is 6.08 Å². The average Bonchev–Trinajstić information content (AvgIpc) is 3.05. The van der Waals surface area contributed by atoms with E-state index in [0.717, 1.165) is 17.0 Å². The molecule has 0 atom stereocenters. The van der Waals surface area contributed by atoms with Crippen LogP contribution in [0.2, 0.25) is 5.02 Å². The number of aliphatic imine (C=N–C) groups is 1. The monoisotopic (exact) mass is 429 g/mol. The van der Waals surface area contributed by atoms with Crippen LogP contribution in [-0.2, 0) is 9.53 Å². The van der Waals surface area contributed by atoms with Crippen molar-refractivity contribution in [3.8, 4) is 5.75 Å². The number of ether oxygens (including phenoxy) is 2. The van der Waals surface area contributed by atoms with E-state index < -0.39 is 0 Å². The van der Waals surface area contributed by atoms with E-state index in [1.807, 2.05) is 59.6 Å². The van der Waals surface area contributed by atoms with Crippen molar-refractivity contribution in [3.63, 3.8) is 0 Å². The maximum Gasteiger partial charge on any atom is 0.281 e. The third-order valence-electron chi connectivity index (χ3n) is 4.52. The Morgan fingerprint density at radius 1 is 1.10 bits per heavy atom. The summed E-state index contributed by atoms with van der Waals surface area (Å²) in [6.45, 7) is 2.45. The smallest absolute Gasteiger partial charge is 0.281 e. The van der Waals surface area contributed by atoms with E-state index in [9.17, 15) is 4.79 Å². The highest BCUT2D eigenvalue weighted by Crippen LogP contribution is 2.35. The molecule has 2 saturated heterocycles. The van der Waals surface area contributed by atoms with Gasteiger partial charge < -0.3 is 9.47 Å². The molecular formula is C21H20ClN3O3S. The van der Waals surface area contributed by atoms with Crippen molar-refractivity contribution in [1.29, 1.82) is 0 Å². The number of thioether (sulfide) groups is 1. The van der Waals surface area contributed by atoms with E-state index in [4.69, 9.17) is 26.1 Å². The summed E-state index contributed by atoms with van der Waals surface area (Å²) >= 11 is 7.33. The zero-order chi connectivity index (χ0) is 20.2. The molecule has 0 radical (unpaired) electrons. The van der Waals surface area contributed by atoms with Gasteiger partial charge >= 0.3 is 0 Å². The van der Waals surface area contributed by atoms with Crippen LogP contribution in [-0.4, -0.2) is 54.5 Å². The summed E-state index contributed by atoms with van der Waals surface area (Å²) in [7, 11) is 1.63. The molecule has 4 rings (SSSR count). The van der Waals surface area contributed by atoms with E-state index >= 15 is 0 Å². The molecule has 2 fully saturated rings. The number of hydrogen-bond acceptors (Lipinski definition) is 6. The van der Waals surface area contributed by atoms with Crippen molar-refractivity contribution >= 4 is 46.2 Å². The molecule has 0 spiro atoms. The van der Waals surface area contributed by atoms with Gasteiger partial charge in [-0.1, -0.05) is 23.7 Å². The highest BCUT2D eigenvalue weighted by molar-refractivity contribution is 8.18. The Morgan fingerprint density at radius 3 is 2.45 bits per heavy atom. The van der Waals surface area contributed by atoms with Crippen LogP contribution in [0.1, 0.15) is 5.56 Å². The average molecular weight is 430 g/mol. The Labute approximate surface area is 178 Å². The second-order valence-corrected chi connectivity index (χ2v) is 7.88. The number of rotatable bonds is 4. The fourth-order valence-corrected chi connectivity index (χ4v) is 4.15. The number of morpholine rings is 1. The predicted molar refractivity (Wildman–Crippen MR) is 116 cm³/mol. The number of halogens is 1. The maximum atomic E-state index is 13.2. The third kappa shape index (κ3) is 4.64. The summed E-state index contributed by atoms with van der Waals surface area (Å²) < 4.78 is 10.6. The van der Waals surface area contributed by atoms with Gasteiger partial charge in [0.2, 0.25) is 0 Å². The molecule has 150 valence electrons. The van der Waals surface area contributed by atoms with Gasteiger partial charge in [-0.3, -0.25) is 4.79 Å². The van der Waals surface area contributed by atoms with Crippen LogP contribution < -0.4 is 4.74 Å². The molecule has 0 bridgehead atoms. The van der Waals surface area contributed by atoms with E-state index in [1.165, 1.54) is 11.8 Å². The fourth-order valence-electron chi connectivity index (χ4n) is 3.02. The zero-order valence-corrected chi connectivity index (χ0v) is 17.4. The quantitative estimate of drug-likeness (QED) is 0.682. The largest absolute Gasteiger partial charge is 0.497 e. The number of amides is 1. The number of hydrogen-bond donors (Lipinski definition) is 0. The SMILES string of the molecule is COc1ccc(N=C2S/C(=C/c3ccc(Cl)cc3)C(=O)N2N2CCOCC2)cc1. The lowest BCUT2D eigenvalue weighted by Crippen LogP contribution is -2.51. The number of amidine groups is 1. The predicted octanol–water partition coefficient (Wildman–Crippen LogP) is 4.20. The van der Waals surface area contributed by atoms with Gasteiger partial charge in [-0.05, 0) is 59.8 Å². The summed E-state index contributed by atoms with van der Waals surface area (Å²) in [6.07, 6.45) is 1.87. The highest BCUT2D eigenvalue weighted by Gasteiger charge is 2.38. The number of benzene rings is 2. The first-order valence-corrected chi connectivity index (χ1v) is 10.4. The maximum absolute atomic E-state index is 13.2. The minimum Gasteiger partial charge on any atom is -0.497 e. The van der Waals surface area contributed by atoms with Crippen LogP contribution >= 0.6 is 23.4 Å². The lowest BCUT2D eigenvalue weighted by atomic mass is 10.2. The summed E-state index contributed by atoms with van der Waals surface area (Å²) in [6, 6.07) is 14.8. The van der Waals surface area contributed by atoms with E-state index in [0.29, 0.717) is 41.4 Å². The molecular weight excluding hydrogens is 410 g/mol. The van der Waals surface area contributed by atoms with Gasteiger partial charge in [-0.15, -0.1) is 0 Å². The first-order chi connectivity index (χ1) is 14.1. The number of methoxy groups -OCH3 is 1. The van der Waals surface area contributed by atoms with E-state index in [-0.39, 0.29) is 5.91 Å². The molecule has 6 nitrogen and oxygen atoms in total. The van der Waals surface area contributed by atoms with Gasteiger partial charge in [0.15, 0.2) is 5.17 Å². The molecule has 2 aromatic carbocycles. The van der Waals surface area contributed by atoms with Crippen molar-refractivity contribution in [3.05, 3.63) is 64.0 Å². The third-order valence-corrected chi connectivity index (χ3v) is 5.73. The molecule has 8 heteroatoms. The second-order valence-electron chi connectivity index (χ2n) is 6.44. The van der Waals surface area contributed by atoms with Crippen LogP contribution in [0.5, 0.6) is 5.75 Å². The lowest BCUT2D eigenvalue weighted by Gasteiger charge is -2.33. The number of carbonyl (C=O) groups is 1. The van der Waals surface area contributed by atoms with Gasteiger partial charge in [-0.2, -0.15) is 0 Å². The molecule has 0 saturated carbocycles. The van der Waals surface area contributed by atoms with Gasteiger partial charge in [0.1, 0.15) is 5.75 Å². The minimum atomic E-state index is -0.0842. The zero-order valence-electron chi connectivity index (χ0n) is 15.9. The highest BCUT2D eigenvalue weighted by atomic mass is 35.5. The van der Waals surface area contributed by atoms with Crippen molar-refractivity contribution in [2.75, 3.05) is 33.4 Å². The van der Waals surface area contributed by atoms with Gasteiger partial charge in [0.25, 0.3) is 5.91 Å². The molecule has 2 aromatic rings. The summed E-state index contributed by atoms with van der Waals surface area (Å²) in [5, 5.41) is 4.94. The summed E-state index contributed by atoms with van der Waals surface area (Å²) in [5.41, 5.74) is 1.67. The van der Waals surface area contributed by atoms with Crippen LogP contribution in [0.3, 0.4) is 0 Å². The number of carbonyl (C=O) groups excluding carboxylic acids is 1. The van der Waals surface area contributed by atoms with Crippen molar-refractivity contribution in [2.45, 2.75) is 0 Å². The van der Waals surface area contributed by atoms with Crippen LogP contribution in [0, 0.1) is 0 Å². The fraction of sp³-hybridized carbons (Fsp3) is 0.238. The topological polar surface area (TPSA) is 54.4 Å². The molecule has 1 amide bonds. The Kier molecular flexibility index (Phi) is 6.20. The Morgan fingerprint density at radius 2 is 1.79 bits per heavy atom. The summed E-state index contributed by atoms with van der Waals surface area (Å²) in [4.78, 5) is 18.6. The standard InChI is InChI=1S/C21H20ClN3O3S/c1-27-18-8-6-17(7-9-18)23-21-25(24-10-12-28-13-11-24)20(26)19(29-21)14-15-2-4-16(22)5-3-15/h2-9,14H,10-13H2,1H3/b19-14+,23-21?. The Bertz CT molecular complexity index is 939. The molecule has 2 aliphatic heterocycles. The molecule has 29 heavy (non-hydrogen) atoms. The first kappa shape index (κ1) is 20.0. The van der Waals surface area contributed by atoms with Crippen molar-refractivity contribution in [1.82, 2.24) is 10.0 Å². The second kappa shape index (κ2) is 9.00. The van der Waals surface area contributed by atoms with E-state index in [2.05, 4.69) is 0 Å². The minimum absolute atomic E-state index is 0.0842. The van der Waals surface area contributed by atoms with Crippen LogP contribution in [0.15, 0.2) is 58.4 Å². The molecule has 0 aromatic heterocycles. The number of nitrogens with zero attached hydrogens (tertiary/aromatic N) is 3. The van der Waals surface area contributed by atoms with Gasteiger partial charge in [0.05, 0.1) is 30.9 Å². The normalized spacial score (nSPS) is 20.6. The molecule has 2 heterocycles. The van der Waals surface area contributed by atoms with E-state index in [1.54, 1.807) is 12.1 Å². The van der Waals surface area contributed by atoms with Crippen molar-refractivity contribution in [2.24, 2.45) is 4.99 Å². The first-order valence-electron chi connectivity index (χ1n) is 9.19. The summed E-state index contributed by atoms with van der Waals surface area (Å²) in [5.74, 6) is 0.677. The molecule has 0 unspecified atom stereocenters. The van der Waals surface area contributed by atoms with Gasteiger partial charge in [-0.25, -0.2) is 15.0 Å². The molecule has 0 aliphatic carbocycles. The van der Waals surface area contributed by atoms with Crippen LogP contribution in [0.4, 0.5) is 5.69 Å². The van der Waals surface area contributed by atoms with Gasteiger partial charge in [0, 0.05) is 18.1 Å². The molecule has 0 N–H and O–H groups in total. The Hall–Kier alpha value is -2.32. The molecule has 2 aliphatic rings. The number of hydrazine groups is 1.